The molecule has 0 spiro atoms. The average Bonchev–Trinajstić information content (AvgIpc) is 2.59. The number of amides is 1. The van der Waals surface area contributed by atoms with Gasteiger partial charge in [0.15, 0.2) is 0 Å². The molecule has 0 saturated carbocycles. The van der Waals surface area contributed by atoms with Crippen LogP contribution >= 0.6 is 0 Å². The first kappa shape index (κ1) is 21.5. The van der Waals surface area contributed by atoms with Crippen LogP contribution in [0.15, 0.2) is 24.3 Å². The molecule has 0 fully saturated rings. The van der Waals surface area contributed by atoms with Gasteiger partial charge < -0.3 is 4.90 Å². The molecule has 0 bridgehead atoms. The molecule has 0 aliphatic carbocycles. The number of nitrogens with zero attached hydrogens (tertiary/aromatic N) is 1. The molecule has 1 rings (SSSR count). The molecule has 142 valence electrons. The zero-order valence-electron chi connectivity index (χ0n) is 15.4. The zero-order valence-corrected chi connectivity index (χ0v) is 15.4. The van der Waals surface area contributed by atoms with Gasteiger partial charge in [-0.1, -0.05) is 52.4 Å². The lowest BCUT2D eigenvalue weighted by molar-refractivity contribution is -0.137. The van der Waals surface area contributed by atoms with Gasteiger partial charge in [-0.15, -0.1) is 0 Å². The van der Waals surface area contributed by atoms with Crippen LogP contribution in [-0.4, -0.2) is 23.9 Å². The van der Waals surface area contributed by atoms with Crippen molar-refractivity contribution >= 4 is 5.91 Å². The molecule has 0 atom stereocenters. The zero-order chi connectivity index (χ0) is 18.7. The van der Waals surface area contributed by atoms with E-state index in [1.807, 2.05) is 0 Å². The van der Waals surface area contributed by atoms with Crippen LogP contribution in [0.3, 0.4) is 0 Å². The number of benzene rings is 1. The van der Waals surface area contributed by atoms with Crippen LogP contribution in [0.5, 0.6) is 0 Å². The Bertz CT molecular complexity index is 497. The molecule has 1 amide bonds. The Morgan fingerprint density at radius 3 is 1.92 bits per heavy atom. The predicted molar refractivity (Wildman–Crippen MR) is 95.6 cm³/mol. The summed E-state index contributed by atoms with van der Waals surface area (Å²) in [6.45, 7) is 5.57. The molecule has 2 nitrogen and oxygen atoms in total. The number of alkyl halides is 3. The number of halogens is 3. The van der Waals surface area contributed by atoms with Crippen molar-refractivity contribution in [1.29, 1.82) is 0 Å². The smallest absolute Gasteiger partial charge is 0.339 e. The van der Waals surface area contributed by atoms with E-state index in [1.54, 1.807) is 4.90 Å². The first-order valence-corrected chi connectivity index (χ1v) is 9.36. The fourth-order valence-electron chi connectivity index (χ4n) is 2.73. The Kier molecular flexibility index (Phi) is 9.61. The Balaban J connectivity index is 2.62. The summed E-state index contributed by atoms with van der Waals surface area (Å²) in [4.78, 5) is 14.4. The van der Waals surface area contributed by atoms with Crippen molar-refractivity contribution in [3.8, 4) is 0 Å². The summed E-state index contributed by atoms with van der Waals surface area (Å²) in [5.74, 6) is -0.171. The maximum Gasteiger partial charge on any atom is 0.416 e. The number of carbonyl (C=O) groups is 1. The highest BCUT2D eigenvalue weighted by Crippen LogP contribution is 2.29. The predicted octanol–water partition coefficient (Wildman–Crippen LogP) is 6.31. The van der Waals surface area contributed by atoms with Crippen molar-refractivity contribution < 1.29 is 18.0 Å². The van der Waals surface area contributed by atoms with Crippen LogP contribution in [0.4, 0.5) is 13.2 Å². The highest BCUT2D eigenvalue weighted by Gasteiger charge is 2.30. The third-order valence-corrected chi connectivity index (χ3v) is 4.31. The second-order valence-corrected chi connectivity index (χ2v) is 6.49. The maximum atomic E-state index is 12.6. The molecule has 0 aliphatic heterocycles. The first-order chi connectivity index (χ1) is 11.9. The van der Waals surface area contributed by atoms with Gasteiger partial charge in [-0.05, 0) is 37.1 Å². The second-order valence-electron chi connectivity index (χ2n) is 6.49. The van der Waals surface area contributed by atoms with Gasteiger partial charge in [0.05, 0.1) is 5.56 Å². The Morgan fingerprint density at radius 1 is 0.840 bits per heavy atom. The molecule has 1 aromatic rings. The minimum atomic E-state index is -4.37. The van der Waals surface area contributed by atoms with Crippen LogP contribution in [-0.2, 0) is 6.18 Å². The van der Waals surface area contributed by atoms with Gasteiger partial charge >= 0.3 is 6.18 Å². The SMILES string of the molecule is CCCCCCCCN(CCCC)C(=O)c1ccc(C(F)(F)F)cc1. The summed E-state index contributed by atoms with van der Waals surface area (Å²) in [7, 11) is 0. The Labute approximate surface area is 149 Å². The fraction of sp³-hybridized carbons (Fsp3) is 0.650. The van der Waals surface area contributed by atoms with E-state index in [-0.39, 0.29) is 5.91 Å². The Morgan fingerprint density at radius 2 is 1.36 bits per heavy atom. The van der Waals surface area contributed by atoms with E-state index in [4.69, 9.17) is 0 Å². The van der Waals surface area contributed by atoms with Crippen molar-refractivity contribution in [2.45, 2.75) is 71.4 Å². The van der Waals surface area contributed by atoms with Crippen LogP contribution in [0.1, 0.15) is 81.1 Å². The van der Waals surface area contributed by atoms with Gasteiger partial charge in [-0.25, -0.2) is 0 Å². The number of unbranched alkanes of at least 4 members (excludes halogenated alkanes) is 6. The van der Waals surface area contributed by atoms with Gasteiger partial charge in [-0.2, -0.15) is 13.2 Å². The molecule has 0 unspecified atom stereocenters. The van der Waals surface area contributed by atoms with Crippen LogP contribution in [0.2, 0.25) is 0 Å². The molecule has 0 radical (unpaired) electrons. The summed E-state index contributed by atoms with van der Waals surface area (Å²) >= 11 is 0. The average molecular weight is 357 g/mol. The lowest BCUT2D eigenvalue weighted by Gasteiger charge is -2.23. The van der Waals surface area contributed by atoms with E-state index in [9.17, 15) is 18.0 Å². The number of hydrogen-bond acceptors (Lipinski definition) is 1. The normalized spacial score (nSPS) is 11.6. The minimum Gasteiger partial charge on any atom is -0.339 e. The van der Waals surface area contributed by atoms with E-state index >= 15 is 0 Å². The molecule has 1 aromatic carbocycles. The van der Waals surface area contributed by atoms with E-state index in [1.165, 1.54) is 37.8 Å². The van der Waals surface area contributed by atoms with E-state index in [2.05, 4.69) is 13.8 Å². The third-order valence-electron chi connectivity index (χ3n) is 4.31. The lowest BCUT2D eigenvalue weighted by Crippen LogP contribution is -2.33. The highest BCUT2D eigenvalue weighted by atomic mass is 19.4. The van der Waals surface area contributed by atoms with Gasteiger partial charge in [0.1, 0.15) is 0 Å². The van der Waals surface area contributed by atoms with Gasteiger partial charge in [0, 0.05) is 18.7 Å². The monoisotopic (exact) mass is 357 g/mol. The largest absolute Gasteiger partial charge is 0.416 e. The van der Waals surface area contributed by atoms with Crippen LogP contribution in [0, 0.1) is 0 Å². The van der Waals surface area contributed by atoms with Gasteiger partial charge in [0.25, 0.3) is 5.91 Å². The van der Waals surface area contributed by atoms with Crippen molar-refractivity contribution in [1.82, 2.24) is 4.90 Å². The minimum absolute atomic E-state index is 0.171. The summed E-state index contributed by atoms with van der Waals surface area (Å²) in [6.07, 6.45) is 4.38. The van der Waals surface area contributed by atoms with E-state index in [0.717, 1.165) is 37.8 Å². The topological polar surface area (TPSA) is 20.3 Å². The molecule has 0 aromatic heterocycles. The standard InChI is InChI=1S/C20H30F3NO/c1-3-5-7-8-9-10-16-24(15-6-4-2)19(25)17-11-13-18(14-12-17)20(21,22)23/h11-14H,3-10,15-16H2,1-2H3. The molecule has 0 heterocycles. The highest BCUT2D eigenvalue weighted by molar-refractivity contribution is 5.94. The lowest BCUT2D eigenvalue weighted by atomic mass is 10.1. The summed E-state index contributed by atoms with van der Waals surface area (Å²) in [6, 6.07) is 4.53. The molecule has 5 heteroatoms. The number of hydrogen-bond donors (Lipinski definition) is 0. The number of rotatable bonds is 11. The van der Waals surface area contributed by atoms with E-state index < -0.39 is 11.7 Å². The molecular formula is C20H30F3NO. The molecule has 25 heavy (non-hydrogen) atoms. The molecular weight excluding hydrogens is 327 g/mol. The quantitative estimate of drug-likeness (QED) is 0.425. The molecule has 0 aliphatic rings. The maximum absolute atomic E-state index is 12.6. The van der Waals surface area contributed by atoms with Crippen LogP contribution in [0.25, 0.3) is 0 Å². The van der Waals surface area contributed by atoms with Gasteiger partial charge in [-0.3, -0.25) is 4.79 Å². The Hall–Kier alpha value is -1.52. The fourth-order valence-corrected chi connectivity index (χ4v) is 2.73. The van der Waals surface area contributed by atoms with Crippen molar-refractivity contribution in [3.05, 3.63) is 35.4 Å². The van der Waals surface area contributed by atoms with Crippen LogP contribution < -0.4 is 0 Å². The second kappa shape index (κ2) is 11.2. The molecule has 0 saturated heterocycles. The number of carbonyl (C=O) groups excluding carboxylic acids is 1. The van der Waals surface area contributed by atoms with E-state index in [0.29, 0.717) is 18.7 Å². The first-order valence-electron chi connectivity index (χ1n) is 9.36. The van der Waals surface area contributed by atoms with Crippen molar-refractivity contribution in [3.63, 3.8) is 0 Å². The summed E-state index contributed by atoms with van der Waals surface area (Å²) < 4.78 is 37.9. The van der Waals surface area contributed by atoms with Gasteiger partial charge in [0.2, 0.25) is 0 Å². The van der Waals surface area contributed by atoms with Crippen molar-refractivity contribution in [2.24, 2.45) is 0 Å². The third kappa shape index (κ3) is 7.93. The van der Waals surface area contributed by atoms with Crippen molar-refractivity contribution in [2.75, 3.05) is 13.1 Å². The summed E-state index contributed by atoms with van der Waals surface area (Å²) in [5.41, 5.74) is -0.393. The molecule has 0 N–H and O–H groups in total. The summed E-state index contributed by atoms with van der Waals surface area (Å²) in [5, 5.41) is 0.